The minimum Gasteiger partial charge on any atom is -0.351 e. The fourth-order valence-corrected chi connectivity index (χ4v) is 4.17. The van der Waals surface area contributed by atoms with Crippen molar-refractivity contribution >= 4 is 21.7 Å². The molecule has 1 aromatic heterocycles. The predicted molar refractivity (Wildman–Crippen MR) is 103 cm³/mol. The molecule has 130 valence electrons. The topological polar surface area (TPSA) is 56.1 Å². The lowest BCUT2D eigenvalue weighted by atomic mass is 10.1. The summed E-state index contributed by atoms with van der Waals surface area (Å²) in [4.78, 5) is 13.2. The Morgan fingerprint density at radius 2 is 2.04 bits per heavy atom. The van der Waals surface area contributed by atoms with Crippen molar-refractivity contribution < 1.29 is 0 Å². The first kappa shape index (κ1) is 17.0. The first-order valence-electron chi connectivity index (χ1n) is 8.73. The van der Waals surface area contributed by atoms with Crippen molar-refractivity contribution in [2.45, 2.75) is 24.9 Å². The van der Waals surface area contributed by atoms with Gasteiger partial charge in [0.2, 0.25) is 0 Å². The second-order valence-electron chi connectivity index (χ2n) is 6.55. The van der Waals surface area contributed by atoms with Gasteiger partial charge in [0.1, 0.15) is 6.07 Å². The summed E-state index contributed by atoms with van der Waals surface area (Å²) >= 11 is 3.49. The molecule has 2 aromatic rings. The van der Waals surface area contributed by atoms with E-state index in [1.165, 1.54) is 0 Å². The molecule has 0 N–H and O–H groups in total. The Bertz CT molecular complexity index is 910. The molecule has 2 atom stereocenters. The van der Waals surface area contributed by atoms with Crippen LogP contribution in [-0.4, -0.2) is 46.6 Å². The highest BCUT2D eigenvalue weighted by Crippen LogP contribution is 2.29. The van der Waals surface area contributed by atoms with Crippen LogP contribution in [0, 0.1) is 23.2 Å². The number of nitriles is 1. The van der Waals surface area contributed by atoms with E-state index in [0.29, 0.717) is 23.6 Å². The van der Waals surface area contributed by atoms with Crippen LogP contribution >= 0.6 is 15.9 Å². The number of benzene rings is 1. The maximum atomic E-state index is 9.27. The third-order valence-corrected chi connectivity index (χ3v) is 5.49. The zero-order chi connectivity index (χ0) is 17.9. The van der Waals surface area contributed by atoms with Gasteiger partial charge in [-0.05, 0) is 31.0 Å². The molecule has 2 aliphatic heterocycles. The van der Waals surface area contributed by atoms with Gasteiger partial charge in [-0.1, -0.05) is 33.8 Å². The summed E-state index contributed by atoms with van der Waals surface area (Å²) in [6.45, 7) is 2.66. The second-order valence-corrected chi connectivity index (χ2v) is 7.47. The van der Waals surface area contributed by atoms with Crippen LogP contribution in [0.4, 0.5) is 5.82 Å². The Labute approximate surface area is 161 Å². The zero-order valence-electron chi connectivity index (χ0n) is 14.3. The summed E-state index contributed by atoms with van der Waals surface area (Å²) in [5.41, 5.74) is 1.45. The molecule has 0 spiro atoms. The molecule has 2 aliphatic rings. The van der Waals surface area contributed by atoms with Gasteiger partial charge >= 0.3 is 0 Å². The highest BCUT2D eigenvalue weighted by atomic mass is 79.9. The molecule has 5 nitrogen and oxygen atoms in total. The smallest absolute Gasteiger partial charge is 0.183 e. The van der Waals surface area contributed by atoms with Crippen LogP contribution in [0.15, 0.2) is 41.1 Å². The zero-order valence-corrected chi connectivity index (χ0v) is 15.9. The SMILES string of the molecule is N#Cc1nccnc1N1CCN2[C@@H](CC[C@@H]2C#Cc2cccc(Br)c2)C1. The van der Waals surface area contributed by atoms with Gasteiger partial charge < -0.3 is 4.90 Å². The summed E-state index contributed by atoms with van der Waals surface area (Å²) in [6.07, 6.45) is 5.44. The van der Waals surface area contributed by atoms with Crippen molar-refractivity contribution in [1.82, 2.24) is 14.9 Å². The van der Waals surface area contributed by atoms with Crippen molar-refractivity contribution in [3.63, 3.8) is 0 Å². The third-order valence-electron chi connectivity index (χ3n) is 4.99. The number of rotatable bonds is 1. The highest BCUT2D eigenvalue weighted by Gasteiger charge is 2.37. The Morgan fingerprint density at radius 3 is 2.88 bits per heavy atom. The molecule has 2 saturated heterocycles. The molecule has 1 aromatic carbocycles. The molecule has 0 saturated carbocycles. The first-order chi connectivity index (χ1) is 12.7. The molecule has 0 aliphatic carbocycles. The number of hydrogen-bond acceptors (Lipinski definition) is 5. The fraction of sp³-hybridized carbons (Fsp3) is 0.350. The second kappa shape index (κ2) is 7.45. The summed E-state index contributed by atoms with van der Waals surface area (Å²) in [6, 6.07) is 11.0. The quantitative estimate of drug-likeness (QED) is 0.680. The van der Waals surface area contributed by atoms with E-state index in [2.05, 4.69) is 59.7 Å². The van der Waals surface area contributed by atoms with Gasteiger partial charge in [0.25, 0.3) is 0 Å². The molecule has 0 amide bonds. The van der Waals surface area contributed by atoms with Crippen LogP contribution in [-0.2, 0) is 0 Å². The maximum Gasteiger partial charge on any atom is 0.183 e. The normalized spacial score (nSPS) is 22.2. The van der Waals surface area contributed by atoms with E-state index in [1.54, 1.807) is 12.4 Å². The van der Waals surface area contributed by atoms with Gasteiger partial charge in [-0.15, -0.1) is 0 Å². The van der Waals surface area contributed by atoms with Crippen LogP contribution in [0.5, 0.6) is 0 Å². The van der Waals surface area contributed by atoms with Crippen LogP contribution < -0.4 is 4.90 Å². The van der Waals surface area contributed by atoms with E-state index in [4.69, 9.17) is 0 Å². The Balaban J connectivity index is 1.47. The molecule has 0 radical (unpaired) electrons. The molecule has 2 fully saturated rings. The Kier molecular flexibility index (Phi) is 4.88. The first-order valence-corrected chi connectivity index (χ1v) is 9.53. The van der Waals surface area contributed by atoms with Crippen molar-refractivity contribution in [2.75, 3.05) is 24.5 Å². The Morgan fingerprint density at radius 1 is 1.15 bits per heavy atom. The molecule has 0 bridgehead atoms. The minimum atomic E-state index is 0.304. The van der Waals surface area contributed by atoms with Crippen molar-refractivity contribution in [1.29, 1.82) is 5.26 Å². The summed E-state index contributed by atoms with van der Waals surface area (Å²) in [7, 11) is 0. The summed E-state index contributed by atoms with van der Waals surface area (Å²) in [5.74, 6) is 7.49. The van der Waals surface area contributed by atoms with E-state index in [-0.39, 0.29) is 0 Å². The molecule has 4 rings (SSSR count). The predicted octanol–water partition coefficient (Wildman–Crippen LogP) is 2.82. The van der Waals surface area contributed by atoms with E-state index in [9.17, 15) is 5.26 Å². The number of piperazine rings is 1. The average Bonchev–Trinajstić information content (AvgIpc) is 3.08. The van der Waals surface area contributed by atoms with Crippen molar-refractivity contribution in [3.05, 3.63) is 52.4 Å². The molecule has 0 unspecified atom stereocenters. The number of fused-ring (bicyclic) bond motifs is 1. The van der Waals surface area contributed by atoms with Gasteiger partial charge in [-0.2, -0.15) is 5.26 Å². The molecule has 3 heterocycles. The molecule has 26 heavy (non-hydrogen) atoms. The molecule has 6 heteroatoms. The highest BCUT2D eigenvalue weighted by molar-refractivity contribution is 9.10. The van der Waals surface area contributed by atoms with E-state index >= 15 is 0 Å². The van der Waals surface area contributed by atoms with Gasteiger partial charge in [-0.25, -0.2) is 9.97 Å². The van der Waals surface area contributed by atoms with Crippen molar-refractivity contribution in [2.24, 2.45) is 0 Å². The van der Waals surface area contributed by atoms with Crippen LogP contribution in [0.1, 0.15) is 24.1 Å². The van der Waals surface area contributed by atoms with Crippen LogP contribution in [0.25, 0.3) is 0 Å². The largest absolute Gasteiger partial charge is 0.351 e. The third kappa shape index (κ3) is 3.44. The lowest BCUT2D eigenvalue weighted by Gasteiger charge is -2.39. The number of hydrogen-bond donors (Lipinski definition) is 0. The summed E-state index contributed by atoms with van der Waals surface area (Å²) in [5, 5.41) is 9.27. The number of aromatic nitrogens is 2. The monoisotopic (exact) mass is 407 g/mol. The Hall–Kier alpha value is -2.41. The minimum absolute atomic E-state index is 0.304. The molecular formula is C20H18BrN5. The number of anilines is 1. The van der Waals surface area contributed by atoms with Gasteiger partial charge in [-0.3, -0.25) is 4.90 Å². The standard InChI is InChI=1S/C20H18BrN5/c21-16-3-1-2-15(12-16)4-5-17-6-7-18-14-25(10-11-26(17)18)20-19(13-22)23-8-9-24-20/h1-3,8-9,12,17-18H,6-7,10-11,14H2/t17-,18-/m0/s1. The summed E-state index contributed by atoms with van der Waals surface area (Å²) < 4.78 is 1.06. The van der Waals surface area contributed by atoms with Crippen molar-refractivity contribution in [3.8, 4) is 17.9 Å². The van der Waals surface area contributed by atoms with Gasteiger partial charge in [0, 0.05) is 48.1 Å². The van der Waals surface area contributed by atoms with Gasteiger partial charge in [0.05, 0.1) is 6.04 Å². The van der Waals surface area contributed by atoms with E-state index in [0.717, 1.165) is 42.5 Å². The number of nitrogens with zero attached hydrogens (tertiary/aromatic N) is 5. The fourth-order valence-electron chi connectivity index (χ4n) is 3.77. The van der Waals surface area contributed by atoms with Crippen LogP contribution in [0.3, 0.4) is 0 Å². The lowest BCUT2D eigenvalue weighted by molar-refractivity contribution is 0.202. The molecular weight excluding hydrogens is 390 g/mol. The van der Waals surface area contributed by atoms with E-state index in [1.807, 2.05) is 18.2 Å². The van der Waals surface area contributed by atoms with Gasteiger partial charge in [0.15, 0.2) is 11.5 Å². The van der Waals surface area contributed by atoms with E-state index < -0.39 is 0 Å². The lowest BCUT2D eigenvalue weighted by Crippen LogP contribution is -2.52. The maximum absolute atomic E-state index is 9.27. The van der Waals surface area contributed by atoms with Crippen LogP contribution in [0.2, 0.25) is 0 Å². The number of halogens is 1. The average molecular weight is 408 g/mol.